The molecule has 1 atom stereocenters. The van der Waals surface area contributed by atoms with Crippen LogP contribution in [0.25, 0.3) is 0 Å². The van der Waals surface area contributed by atoms with Gasteiger partial charge in [0.15, 0.2) is 6.10 Å². The average Bonchev–Trinajstić information content (AvgIpc) is 2.61. The molecule has 2 N–H and O–H groups in total. The molecule has 0 aliphatic rings. The Kier molecular flexibility index (Phi) is 7.78. The number of halogens is 2. The number of carboxylic acids is 1. The third-order valence-corrected chi connectivity index (χ3v) is 4.06. The SMILES string of the molecule is CC(C)OC(Cc1ccc(NC(=O)OCc2ccc(F)cc2Cl)cc1)C(=O)O. The van der Waals surface area contributed by atoms with Crippen LogP contribution in [0.3, 0.4) is 0 Å². The van der Waals surface area contributed by atoms with E-state index < -0.39 is 24.0 Å². The van der Waals surface area contributed by atoms with Crippen LogP contribution in [0.5, 0.6) is 0 Å². The molecule has 0 fully saturated rings. The number of ether oxygens (including phenoxy) is 2. The third kappa shape index (κ3) is 6.83. The molecule has 6 nitrogen and oxygen atoms in total. The number of hydrogen-bond donors (Lipinski definition) is 2. The summed E-state index contributed by atoms with van der Waals surface area (Å²) in [7, 11) is 0. The van der Waals surface area contributed by atoms with Gasteiger partial charge in [-0.2, -0.15) is 0 Å². The highest BCUT2D eigenvalue weighted by Crippen LogP contribution is 2.19. The molecule has 1 amide bonds. The first kappa shape index (κ1) is 21.7. The van der Waals surface area contributed by atoms with Gasteiger partial charge in [-0.05, 0) is 43.7 Å². The lowest BCUT2D eigenvalue weighted by Crippen LogP contribution is -2.29. The first-order chi connectivity index (χ1) is 13.2. The van der Waals surface area contributed by atoms with Gasteiger partial charge in [-0.3, -0.25) is 5.32 Å². The van der Waals surface area contributed by atoms with E-state index in [2.05, 4.69) is 5.32 Å². The fraction of sp³-hybridized carbons (Fsp3) is 0.300. The van der Waals surface area contributed by atoms with E-state index in [1.165, 1.54) is 12.1 Å². The van der Waals surface area contributed by atoms with Gasteiger partial charge in [0, 0.05) is 17.7 Å². The van der Waals surface area contributed by atoms with Crippen LogP contribution in [0.1, 0.15) is 25.0 Å². The minimum atomic E-state index is -1.03. The summed E-state index contributed by atoms with van der Waals surface area (Å²) in [6, 6.07) is 10.5. The largest absolute Gasteiger partial charge is 0.479 e. The smallest absolute Gasteiger partial charge is 0.411 e. The van der Waals surface area contributed by atoms with Crippen molar-refractivity contribution in [3.63, 3.8) is 0 Å². The number of hydrogen-bond acceptors (Lipinski definition) is 4. The number of carbonyl (C=O) groups is 2. The minimum absolute atomic E-state index is 0.101. The van der Waals surface area contributed by atoms with Gasteiger partial charge in [0.25, 0.3) is 0 Å². The van der Waals surface area contributed by atoms with Crippen molar-refractivity contribution < 1.29 is 28.6 Å². The lowest BCUT2D eigenvalue weighted by molar-refractivity contribution is -0.153. The maximum Gasteiger partial charge on any atom is 0.411 e. The van der Waals surface area contributed by atoms with Crippen molar-refractivity contribution >= 4 is 29.4 Å². The van der Waals surface area contributed by atoms with Gasteiger partial charge in [0.2, 0.25) is 0 Å². The standard InChI is InChI=1S/C20H21ClFNO5/c1-12(2)28-18(19(24)25)9-13-3-7-16(8-4-13)23-20(26)27-11-14-5-6-15(22)10-17(14)21/h3-8,10,12,18H,9,11H2,1-2H3,(H,23,26)(H,24,25). The second kappa shape index (κ2) is 10.1. The van der Waals surface area contributed by atoms with Crippen molar-refractivity contribution in [1.29, 1.82) is 0 Å². The van der Waals surface area contributed by atoms with Crippen LogP contribution in [0.2, 0.25) is 5.02 Å². The van der Waals surface area contributed by atoms with Crippen LogP contribution in [-0.2, 0) is 27.3 Å². The molecule has 0 aliphatic heterocycles. The molecule has 1 unspecified atom stereocenters. The molecular weight excluding hydrogens is 389 g/mol. The molecule has 0 aromatic heterocycles. The molecule has 2 rings (SSSR count). The number of carbonyl (C=O) groups excluding carboxylic acids is 1. The van der Waals surface area contributed by atoms with Crippen LogP contribution in [0.15, 0.2) is 42.5 Å². The quantitative estimate of drug-likeness (QED) is 0.663. The lowest BCUT2D eigenvalue weighted by atomic mass is 10.1. The van der Waals surface area contributed by atoms with E-state index in [0.717, 1.165) is 11.6 Å². The molecule has 8 heteroatoms. The van der Waals surface area contributed by atoms with Gasteiger partial charge in [-0.15, -0.1) is 0 Å². The van der Waals surface area contributed by atoms with Gasteiger partial charge < -0.3 is 14.6 Å². The van der Waals surface area contributed by atoms with E-state index in [1.54, 1.807) is 38.1 Å². The van der Waals surface area contributed by atoms with E-state index in [0.29, 0.717) is 11.3 Å². The summed E-state index contributed by atoms with van der Waals surface area (Å²) in [6.45, 7) is 3.44. The first-order valence-corrected chi connectivity index (χ1v) is 8.97. The second-order valence-corrected chi connectivity index (χ2v) is 6.76. The van der Waals surface area contributed by atoms with Gasteiger partial charge in [-0.1, -0.05) is 29.8 Å². The number of rotatable bonds is 8. The Morgan fingerprint density at radius 2 is 1.86 bits per heavy atom. The highest BCUT2D eigenvalue weighted by atomic mass is 35.5. The lowest BCUT2D eigenvalue weighted by Gasteiger charge is -2.16. The summed E-state index contributed by atoms with van der Waals surface area (Å²) < 4.78 is 23.5. The summed E-state index contributed by atoms with van der Waals surface area (Å²) in [5, 5.41) is 11.9. The van der Waals surface area contributed by atoms with Crippen LogP contribution in [0, 0.1) is 5.82 Å². The molecule has 0 radical (unpaired) electrons. The zero-order valence-corrected chi connectivity index (χ0v) is 16.2. The molecule has 150 valence electrons. The van der Waals surface area contributed by atoms with E-state index in [1.807, 2.05) is 0 Å². The molecule has 0 spiro atoms. The average molecular weight is 410 g/mol. The summed E-state index contributed by atoms with van der Waals surface area (Å²) in [5.41, 5.74) is 1.72. The van der Waals surface area contributed by atoms with Crippen molar-refractivity contribution in [3.05, 3.63) is 64.4 Å². The van der Waals surface area contributed by atoms with Gasteiger partial charge >= 0.3 is 12.1 Å². The number of amides is 1. The summed E-state index contributed by atoms with van der Waals surface area (Å²) in [6.07, 6.45) is -1.63. The zero-order chi connectivity index (χ0) is 20.7. The number of carboxylic acid groups (broad SMARTS) is 1. The second-order valence-electron chi connectivity index (χ2n) is 6.35. The first-order valence-electron chi connectivity index (χ1n) is 8.59. The molecule has 28 heavy (non-hydrogen) atoms. The molecular formula is C20H21ClFNO5. The molecule has 0 heterocycles. The van der Waals surface area contributed by atoms with Crippen LogP contribution >= 0.6 is 11.6 Å². The van der Waals surface area contributed by atoms with Crippen LogP contribution in [0.4, 0.5) is 14.9 Å². The topological polar surface area (TPSA) is 84.9 Å². The van der Waals surface area contributed by atoms with Gasteiger partial charge in [0.05, 0.1) is 11.1 Å². The Labute approximate surface area is 167 Å². The van der Waals surface area contributed by atoms with E-state index in [4.69, 9.17) is 21.1 Å². The Morgan fingerprint density at radius 3 is 2.43 bits per heavy atom. The maximum absolute atomic E-state index is 13.0. The summed E-state index contributed by atoms with van der Waals surface area (Å²) >= 11 is 5.88. The normalized spacial score (nSPS) is 11.9. The Bertz CT molecular complexity index is 826. The van der Waals surface area contributed by atoms with Crippen LogP contribution in [-0.4, -0.2) is 29.4 Å². The number of nitrogens with one attached hydrogen (secondary N) is 1. The van der Waals surface area contributed by atoms with Gasteiger partial charge in [0.1, 0.15) is 12.4 Å². The number of benzene rings is 2. The van der Waals surface area contributed by atoms with Crippen molar-refractivity contribution in [2.24, 2.45) is 0 Å². The fourth-order valence-corrected chi connectivity index (χ4v) is 2.62. The van der Waals surface area contributed by atoms with E-state index in [9.17, 15) is 19.1 Å². The molecule has 0 saturated carbocycles. The van der Waals surface area contributed by atoms with Crippen molar-refractivity contribution in [2.75, 3.05) is 5.32 Å². The summed E-state index contributed by atoms with van der Waals surface area (Å²) in [4.78, 5) is 23.1. The zero-order valence-electron chi connectivity index (χ0n) is 15.4. The van der Waals surface area contributed by atoms with Gasteiger partial charge in [-0.25, -0.2) is 14.0 Å². The molecule has 0 bridgehead atoms. The fourth-order valence-electron chi connectivity index (χ4n) is 2.40. The predicted molar refractivity (Wildman–Crippen MR) is 103 cm³/mol. The highest BCUT2D eigenvalue weighted by molar-refractivity contribution is 6.31. The Hall–Kier alpha value is -2.64. The molecule has 2 aromatic carbocycles. The molecule has 0 aliphatic carbocycles. The minimum Gasteiger partial charge on any atom is -0.479 e. The molecule has 2 aromatic rings. The van der Waals surface area contributed by atoms with E-state index in [-0.39, 0.29) is 24.2 Å². The van der Waals surface area contributed by atoms with Crippen molar-refractivity contribution in [2.45, 2.75) is 39.1 Å². The molecule has 0 saturated heterocycles. The highest BCUT2D eigenvalue weighted by Gasteiger charge is 2.20. The maximum atomic E-state index is 13.0. The summed E-state index contributed by atoms with van der Waals surface area (Å²) in [5.74, 6) is -1.50. The third-order valence-electron chi connectivity index (χ3n) is 3.71. The number of anilines is 1. The predicted octanol–water partition coefficient (Wildman–Crippen LogP) is 4.65. The monoisotopic (exact) mass is 409 g/mol. The Morgan fingerprint density at radius 1 is 1.18 bits per heavy atom. The Balaban J connectivity index is 1.89. The van der Waals surface area contributed by atoms with Crippen molar-refractivity contribution in [1.82, 2.24) is 0 Å². The van der Waals surface area contributed by atoms with E-state index >= 15 is 0 Å². The van der Waals surface area contributed by atoms with Crippen molar-refractivity contribution in [3.8, 4) is 0 Å². The number of aliphatic carboxylic acids is 1. The van der Waals surface area contributed by atoms with Crippen LogP contribution < -0.4 is 5.32 Å².